The lowest BCUT2D eigenvalue weighted by Gasteiger charge is -2.12. The van der Waals surface area contributed by atoms with Crippen molar-refractivity contribution >= 4 is 6.21 Å². The highest BCUT2D eigenvalue weighted by molar-refractivity contribution is 5.61. The van der Waals surface area contributed by atoms with Crippen molar-refractivity contribution in [3.63, 3.8) is 0 Å². The highest BCUT2D eigenvalue weighted by Crippen LogP contribution is 1.92. The van der Waals surface area contributed by atoms with Crippen LogP contribution in [0.1, 0.15) is 0 Å². The van der Waals surface area contributed by atoms with E-state index in [0.29, 0.717) is 0 Å². The third-order valence-electron chi connectivity index (χ3n) is 1.47. The summed E-state index contributed by atoms with van der Waals surface area (Å²) in [6.45, 7) is 4.44. The number of nitrogens with one attached hydrogen (secondary N) is 1. The van der Waals surface area contributed by atoms with Gasteiger partial charge in [-0.2, -0.15) is 0 Å². The van der Waals surface area contributed by atoms with E-state index in [1.165, 1.54) is 0 Å². The Labute approximate surface area is 78.1 Å². The van der Waals surface area contributed by atoms with Gasteiger partial charge in [0.1, 0.15) is 0 Å². The van der Waals surface area contributed by atoms with Crippen LogP contribution in [-0.2, 0) is 0 Å². The molecule has 1 N–H and O–H groups in total. The van der Waals surface area contributed by atoms with E-state index in [1.807, 2.05) is 41.8 Å². The average Bonchev–Trinajstić information content (AvgIpc) is 2.77. The van der Waals surface area contributed by atoms with E-state index < -0.39 is 0 Å². The molecule has 0 atom stereocenters. The van der Waals surface area contributed by atoms with Crippen molar-refractivity contribution < 1.29 is 0 Å². The second-order valence-electron chi connectivity index (χ2n) is 2.39. The first kappa shape index (κ1) is 9.32. The van der Waals surface area contributed by atoms with E-state index in [-0.39, 0.29) is 0 Å². The highest BCUT2D eigenvalue weighted by atomic mass is 15.1. The van der Waals surface area contributed by atoms with Gasteiger partial charge < -0.3 is 9.88 Å². The molecule has 3 heteroatoms. The predicted octanol–water partition coefficient (Wildman–Crippen LogP) is 2.00. The first-order valence-corrected chi connectivity index (χ1v) is 4.08. The molecule has 0 unspecified atom stereocenters. The van der Waals surface area contributed by atoms with Gasteiger partial charge in [0.25, 0.3) is 0 Å². The van der Waals surface area contributed by atoms with E-state index in [2.05, 4.69) is 16.6 Å². The number of H-pyrrole nitrogens is 1. The van der Waals surface area contributed by atoms with E-state index in [9.17, 15) is 0 Å². The topological polar surface area (TPSA) is 31.4 Å². The molecule has 2 heterocycles. The largest absolute Gasteiger partial charge is 0.368 e. The van der Waals surface area contributed by atoms with Gasteiger partial charge in [-0.05, 0) is 18.3 Å². The van der Waals surface area contributed by atoms with Crippen LogP contribution in [0, 0.1) is 0 Å². The van der Waals surface area contributed by atoms with Crippen molar-refractivity contribution in [2.45, 2.75) is 0 Å². The number of aromatic amines is 1. The molecule has 0 spiro atoms. The van der Waals surface area contributed by atoms with Crippen molar-refractivity contribution in [2.24, 2.45) is 4.99 Å². The molecule has 0 aliphatic carbocycles. The third kappa shape index (κ3) is 3.96. The molecule has 2 rings (SSSR count). The summed E-state index contributed by atoms with van der Waals surface area (Å²) in [5, 5.41) is 0. The molecule has 1 aliphatic heterocycles. The summed E-state index contributed by atoms with van der Waals surface area (Å²) in [4.78, 5) is 8.69. The van der Waals surface area contributed by atoms with Gasteiger partial charge in [0.2, 0.25) is 0 Å². The van der Waals surface area contributed by atoms with Gasteiger partial charge in [0.05, 0.1) is 6.54 Å². The summed E-state index contributed by atoms with van der Waals surface area (Å²) in [6, 6.07) is 3.89. The van der Waals surface area contributed by atoms with E-state index in [4.69, 9.17) is 0 Å². The maximum Gasteiger partial charge on any atom is 0.0573 e. The molecule has 1 aromatic heterocycles. The van der Waals surface area contributed by atoms with Crippen LogP contribution in [0.5, 0.6) is 0 Å². The normalized spacial score (nSPS) is 13.4. The molecular weight excluding hydrogens is 162 g/mol. The summed E-state index contributed by atoms with van der Waals surface area (Å²) in [7, 11) is 0. The van der Waals surface area contributed by atoms with Crippen molar-refractivity contribution in [3.05, 3.63) is 49.7 Å². The minimum absolute atomic E-state index is 0.847. The number of rotatable bonds is 1. The van der Waals surface area contributed by atoms with Gasteiger partial charge in [-0.25, -0.2) is 0 Å². The number of nitrogens with zero attached hydrogens (tertiary/aromatic N) is 2. The van der Waals surface area contributed by atoms with Crippen molar-refractivity contribution in [2.75, 3.05) is 6.54 Å². The zero-order chi connectivity index (χ0) is 9.36. The Balaban J connectivity index is 0.000000145. The predicted molar refractivity (Wildman–Crippen MR) is 55.3 cm³/mol. The third-order valence-corrected chi connectivity index (χ3v) is 1.47. The molecule has 13 heavy (non-hydrogen) atoms. The van der Waals surface area contributed by atoms with Gasteiger partial charge in [-0.3, -0.25) is 4.99 Å². The molecule has 0 amide bonds. The first-order chi connectivity index (χ1) is 6.43. The summed E-state index contributed by atoms with van der Waals surface area (Å²) in [6.07, 6.45) is 11.0. The van der Waals surface area contributed by atoms with E-state index >= 15 is 0 Å². The Bertz CT molecular complexity index is 255. The zero-order valence-electron chi connectivity index (χ0n) is 7.43. The maximum atomic E-state index is 3.88. The fourth-order valence-corrected chi connectivity index (χ4v) is 0.800. The molecule has 0 saturated heterocycles. The zero-order valence-corrected chi connectivity index (χ0v) is 7.43. The molecule has 3 nitrogen and oxygen atoms in total. The first-order valence-electron chi connectivity index (χ1n) is 4.08. The minimum Gasteiger partial charge on any atom is -0.368 e. The number of hydrogen-bond donors (Lipinski definition) is 1. The molecular formula is C10H13N3. The van der Waals surface area contributed by atoms with E-state index in [1.54, 1.807) is 12.4 Å². The Morgan fingerprint density at radius 1 is 1.38 bits per heavy atom. The second-order valence-corrected chi connectivity index (χ2v) is 2.39. The molecule has 0 fully saturated rings. The quantitative estimate of drug-likeness (QED) is 0.695. The molecule has 0 saturated carbocycles. The van der Waals surface area contributed by atoms with Gasteiger partial charge in [-0.1, -0.05) is 6.58 Å². The summed E-state index contributed by atoms with van der Waals surface area (Å²) in [5.41, 5.74) is 0. The SMILES string of the molecule is C=CN1C=CN=CC1.c1cc[nH]c1. The van der Waals surface area contributed by atoms with Gasteiger partial charge in [0, 0.05) is 31.0 Å². The van der Waals surface area contributed by atoms with Gasteiger partial charge >= 0.3 is 0 Å². The van der Waals surface area contributed by atoms with Crippen LogP contribution < -0.4 is 0 Å². The van der Waals surface area contributed by atoms with Crippen LogP contribution in [0.2, 0.25) is 0 Å². The van der Waals surface area contributed by atoms with Crippen molar-refractivity contribution in [3.8, 4) is 0 Å². The Kier molecular flexibility index (Phi) is 4.18. The summed E-state index contributed by atoms with van der Waals surface area (Å²) in [5.74, 6) is 0. The number of hydrogen-bond acceptors (Lipinski definition) is 2. The minimum atomic E-state index is 0.847. The second kappa shape index (κ2) is 5.83. The molecule has 0 bridgehead atoms. The number of aliphatic imine (C=N–C) groups is 1. The number of aromatic nitrogens is 1. The molecule has 0 radical (unpaired) electrons. The van der Waals surface area contributed by atoms with Crippen LogP contribution in [-0.4, -0.2) is 22.6 Å². The van der Waals surface area contributed by atoms with Crippen molar-refractivity contribution in [1.29, 1.82) is 0 Å². The lowest BCUT2D eigenvalue weighted by atomic mass is 10.5. The van der Waals surface area contributed by atoms with Gasteiger partial charge in [0.15, 0.2) is 0 Å². The molecule has 0 aromatic carbocycles. The lowest BCUT2D eigenvalue weighted by molar-refractivity contribution is 0.581. The Morgan fingerprint density at radius 2 is 2.15 bits per heavy atom. The highest BCUT2D eigenvalue weighted by Gasteiger charge is 1.90. The molecule has 1 aromatic rings. The van der Waals surface area contributed by atoms with Crippen LogP contribution in [0.4, 0.5) is 0 Å². The van der Waals surface area contributed by atoms with Gasteiger partial charge in [-0.15, -0.1) is 0 Å². The lowest BCUT2D eigenvalue weighted by Crippen LogP contribution is -2.13. The van der Waals surface area contributed by atoms with E-state index in [0.717, 1.165) is 6.54 Å². The van der Waals surface area contributed by atoms with Crippen LogP contribution in [0.25, 0.3) is 0 Å². The fourth-order valence-electron chi connectivity index (χ4n) is 0.800. The Hall–Kier alpha value is -1.77. The molecule has 1 aliphatic rings. The smallest absolute Gasteiger partial charge is 0.0573 e. The van der Waals surface area contributed by atoms with Crippen LogP contribution >= 0.6 is 0 Å². The summed E-state index contributed by atoms with van der Waals surface area (Å²) < 4.78 is 0. The Morgan fingerprint density at radius 3 is 2.46 bits per heavy atom. The fraction of sp³-hybridized carbons (Fsp3) is 0.100. The van der Waals surface area contributed by atoms with Crippen LogP contribution in [0.15, 0.2) is 54.7 Å². The molecule has 68 valence electrons. The van der Waals surface area contributed by atoms with Crippen LogP contribution in [0.3, 0.4) is 0 Å². The average molecular weight is 175 g/mol. The van der Waals surface area contributed by atoms with Crippen molar-refractivity contribution in [1.82, 2.24) is 9.88 Å². The monoisotopic (exact) mass is 175 g/mol. The standard InChI is InChI=1S/C6H8N2.C4H5N/c1-2-8-5-3-7-4-6-8;1-2-4-5-3-1/h2-5H,1,6H2;1-5H. The maximum absolute atomic E-state index is 3.88. The summed E-state index contributed by atoms with van der Waals surface area (Å²) >= 11 is 0.